The molecule has 3 aliphatic rings. The van der Waals surface area contributed by atoms with Crippen molar-refractivity contribution < 1.29 is 24.0 Å². The zero-order valence-electron chi connectivity index (χ0n) is 13.5. The van der Waals surface area contributed by atoms with Gasteiger partial charge in [0.1, 0.15) is 0 Å². The van der Waals surface area contributed by atoms with Gasteiger partial charge in [0.05, 0.1) is 11.6 Å². The summed E-state index contributed by atoms with van der Waals surface area (Å²) >= 11 is 1.83. The first-order chi connectivity index (χ1) is 11.4. The van der Waals surface area contributed by atoms with Gasteiger partial charge in [0.25, 0.3) is 11.8 Å². The number of nitrogens with zero attached hydrogens (tertiary/aromatic N) is 1. The molecule has 24 heavy (non-hydrogen) atoms. The summed E-state index contributed by atoms with van der Waals surface area (Å²) in [5, 5.41) is 6.84. The SMILES string of the molecule is C[C@]12CSC(CCCCC(=O)ON3C(=O)CCC3=O)[C@H]1NC(=O)N2. The molecule has 4 amide bonds. The van der Waals surface area contributed by atoms with Crippen molar-refractivity contribution in [2.45, 2.75) is 62.3 Å². The van der Waals surface area contributed by atoms with Crippen LogP contribution in [-0.4, -0.2) is 51.5 Å². The highest BCUT2D eigenvalue weighted by Crippen LogP contribution is 2.39. The van der Waals surface area contributed by atoms with Gasteiger partial charge in [-0.1, -0.05) is 6.42 Å². The molecular formula is C15H21N3O5S. The fourth-order valence-electron chi connectivity index (χ4n) is 3.35. The lowest BCUT2D eigenvalue weighted by molar-refractivity contribution is -0.197. The normalized spacial score (nSPS) is 31.9. The molecule has 3 saturated heterocycles. The molecule has 0 aromatic heterocycles. The van der Waals surface area contributed by atoms with Crippen molar-refractivity contribution in [2.75, 3.05) is 5.75 Å². The molecule has 3 aliphatic heterocycles. The van der Waals surface area contributed by atoms with Crippen LogP contribution in [0.4, 0.5) is 4.79 Å². The molecule has 0 radical (unpaired) electrons. The lowest BCUT2D eigenvalue weighted by Crippen LogP contribution is -2.47. The quantitative estimate of drug-likeness (QED) is 0.413. The molecule has 0 aliphatic carbocycles. The van der Waals surface area contributed by atoms with Crippen LogP contribution in [0.5, 0.6) is 0 Å². The summed E-state index contributed by atoms with van der Waals surface area (Å²) < 4.78 is 0. The fourth-order valence-corrected chi connectivity index (χ4v) is 5.06. The van der Waals surface area contributed by atoms with Gasteiger partial charge < -0.3 is 15.5 Å². The van der Waals surface area contributed by atoms with E-state index in [1.54, 1.807) is 0 Å². The molecule has 0 aromatic carbocycles. The van der Waals surface area contributed by atoms with E-state index in [9.17, 15) is 19.2 Å². The smallest absolute Gasteiger partial charge is 0.332 e. The Morgan fingerprint density at radius 1 is 1.29 bits per heavy atom. The number of carbonyl (C=O) groups excluding carboxylic acids is 4. The molecule has 1 unspecified atom stereocenters. The van der Waals surface area contributed by atoms with E-state index in [1.807, 2.05) is 18.7 Å². The second-order valence-corrected chi connectivity index (χ2v) is 7.86. The molecule has 8 nitrogen and oxygen atoms in total. The number of nitrogens with one attached hydrogen (secondary N) is 2. The van der Waals surface area contributed by atoms with E-state index in [1.165, 1.54) is 0 Å². The van der Waals surface area contributed by atoms with Crippen molar-refractivity contribution in [1.82, 2.24) is 15.7 Å². The van der Waals surface area contributed by atoms with Gasteiger partial charge in [0.15, 0.2) is 0 Å². The fraction of sp³-hybridized carbons (Fsp3) is 0.733. The Morgan fingerprint density at radius 3 is 2.71 bits per heavy atom. The monoisotopic (exact) mass is 355 g/mol. The zero-order chi connectivity index (χ0) is 17.3. The molecule has 0 bridgehead atoms. The van der Waals surface area contributed by atoms with Crippen LogP contribution in [0.1, 0.15) is 45.4 Å². The molecular weight excluding hydrogens is 334 g/mol. The van der Waals surface area contributed by atoms with Gasteiger partial charge >= 0.3 is 12.0 Å². The summed E-state index contributed by atoms with van der Waals surface area (Å²) in [4.78, 5) is 50.8. The summed E-state index contributed by atoms with van der Waals surface area (Å²) in [6.45, 7) is 2.05. The number of hydroxylamine groups is 2. The second kappa shape index (κ2) is 6.62. The molecule has 3 atom stereocenters. The Bertz CT molecular complexity index is 567. The molecule has 0 spiro atoms. The largest absolute Gasteiger partial charge is 0.333 e. The Kier molecular flexibility index (Phi) is 4.71. The molecule has 9 heteroatoms. The van der Waals surface area contributed by atoms with Crippen LogP contribution >= 0.6 is 11.8 Å². The third-order valence-corrected chi connectivity index (χ3v) is 6.36. The number of imide groups is 1. The maximum absolute atomic E-state index is 11.7. The van der Waals surface area contributed by atoms with Crippen LogP contribution in [-0.2, 0) is 19.2 Å². The maximum atomic E-state index is 11.7. The first kappa shape index (κ1) is 17.1. The summed E-state index contributed by atoms with van der Waals surface area (Å²) in [5.74, 6) is -0.597. The van der Waals surface area contributed by atoms with Gasteiger partial charge in [0, 0.05) is 30.3 Å². The Morgan fingerprint density at radius 2 is 2.00 bits per heavy atom. The summed E-state index contributed by atoms with van der Waals surface area (Å²) in [6.07, 6.45) is 2.70. The van der Waals surface area contributed by atoms with E-state index in [4.69, 9.17) is 4.84 Å². The van der Waals surface area contributed by atoms with Crippen molar-refractivity contribution in [3.63, 3.8) is 0 Å². The van der Waals surface area contributed by atoms with Crippen molar-refractivity contribution in [2.24, 2.45) is 0 Å². The summed E-state index contributed by atoms with van der Waals surface area (Å²) in [5.41, 5.74) is -0.193. The van der Waals surface area contributed by atoms with Crippen LogP contribution in [0.3, 0.4) is 0 Å². The highest BCUT2D eigenvalue weighted by molar-refractivity contribution is 8.00. The highest BCUT2D eigenvalue weighted by Gasteiger charge is 2.51. The highest BCUT2D eigenvalue weighted by atomic mass is 32.2. The van der Waals surface area contributed by atoms with Gasteiger partial charge in [-0.05, 0) is 19.8 Å². The number of hydrogen-bond donors (Lipinski definition) is 2. The molecule has 132 valence electrons. The first-order valence-corrected chi connectivity index (χ1v) is 9.21. The standard InChI is InChI=1S/C15H21N3O5S/c1-15-8-24-9(13(15)16-14(22)17-15)4-2-3-5-12(21)23-18-10(19)6-7-11(18)20/h9,13H,2-8H2,1H3,(H2,16,17,22)/t9?,13-,15+/m1/s1. The van der Waals surface area contributed by atoms with Crippen LogP contribution in [0.25, 0.3) is 0 Å². The van der Waals surface area contributed by atoms with E-state index in [0.717, 1.165) is 18.6 Å². The molecule has 3 heterocycles. The van der Waals surface area contributed by atoms with Gasteiger partial charge in [-0.2, -0.15) is 11.8 Å². The minimum atomic E-state index is -0.557. The van der Waals surface area contributed by atoms with Crippen LogP contribution in [0, 0.1) is 0 Å². The Hall–Kier alpha value is -1.77. The topological polar surface area (TPSA) is 105 Å². The number of hydrogen-bond acceptors (Lipinski definition) is 6. The number of rotatable bonds is 6. The molecule has 0 saturated carbocycles. The lowest BCUT2D eigenvalue weighted by Gasteiger charge is -2.23. The van der Waals surface area contributed by atoms with Gasteiger partial charge in [0.2, 0.25) is 0 Å². The van der Waals surface area contributed by atoms with E-state index < -0.39 is 17.8 Å². The van der Waals surface area contributed by atoms with Crippen LogP contribution < -0.4 is 10.6 Å². The average Bonchev–Trinajstić information content (AvgIpc) is 3.09. The number of amides is 4. The Balaban J connectivity index is 1.37. The predicted octanol–water partition coefficient (Wildman–Crippen LogP) is 0.709. The summed E-state index contributed by atoms with van der Waals surface area (Å²) in [6, 6.07) is -0.00174. The molecule has 3 rings (SSSR count). The summed E-state index contributed by atoms with van der Waals surface area (Å²) in [7, 11) is 0. The minimum Gasteiger partial charge on any atom is -0.332 e. The zero-order valence-corrected chi connectivity index (χ0v) is 14.3. The number of urea groups is 1. The third-order valence-electron chi connectivity index (χ3n) is 4.66. The van der Waals surface area contributed by atoms with E-state index in [-0.39, 0.29) is 36.9 Å². The molecule has 3 fully saturated rings. The third kappa shape index (κ3) is 3.35. The van der Waals surface area contributed by atoms with E-state index in [2.05, 4.69) is 10.6 Å². The molecule has 2 N–H and O–H groups in total. The van der Waals surface area contributed by atoms with Gasteiger partial charge in [-0.15, -0.1) is 5.06 Å². The average molecular weight is 355 g/mol. The maximum Gasteiger partial charge on any atom is 0.333 e. The van der Waals surface area contributed by atoms with Crippen LogP contribution in [0.2, 0.25) is 0 Å². The lowest BCUT2D eigenvalue weighted by atomic mass is 9.92. The Labute approximate surface area is 144 Å². The number of unbranched alkanes of at least 4 members (excludes halogenated alkanes) is 1. The number of carbonyl (C=O) groups is 4. The number of fused-ring (bicyclic) bond motifs is 1. The van der Waals surface area contributed by atoms with Crippen molar-refractivity contribution >= 4 is 35.6 Å². The predicted molar refractivity (Wildman–Crippen MR) is 85.8 cm³/mol. The van der Waals surface area contributed by atoms with Gasteiger partial charge in [-0.25, -0.2) is 9.59 Å². The minimum absolute atomic E-state index is 0.102. The van der Waals surface area contributed by atoms with E-state index in [0.29, 0.717) is 16.7 Å². The second-order valence-electron chi connectivity index (χ2n) is 6.63. The van der Waals surface area contributed by atoms with Crippen molar-refractivity contribution in [3.8, 4) is 0 Å². The van der Waals surface area contributed by atoms with E-state index >= 15 is 0 Å². The van der Waals surface area contributed by atoms with Crippen LogP contribution in [0.15, 0.2) is 0 Å². The van der Waals surface area contributed by atoms with Gasteiger partial charge in [-0.3, -0.25) is 9.59 Å². The van der Waals surface area contributed by atoms with Crippen molar-refractivity contribution in [1.29, 1.82) is 0 Å². The molecule has 0 aromatic rings. The number of thioether (sulfide) groups is 1. The first-order valence-electron chi connectivity index (χ1n) is 8.16. The van der Waals surface area contributed by atoms with Crippen molar-refractivity contribution in [3.05, 3.63) is 0 Å².